The number of hydrogen-bond donors (Lipinski definition) is 1. The second kappa shape index (κ2) is 6.44. The third-order valence-corrected chi connectivity index (χ3v) is 5.15. The zero-order valence-electron chi connectivity index (χ0n) is 14.5. The standard InChI is InChI=1S/C20H20N2O4/c1-12(17-10-13-6-2-5-9-16(13)26-17)21-18(23)11-22-19(24)14-7-3-4-8-15(14)20(22)25/h2-6,9-10,12,14-15H,7-8,11H2,1H3,(H,21,23)/t12-,14-,15-/m0/s1. The maximum atomic E-state index is 12.4. The number of carbonyl (C=O) groups is 3. The molecule has 6 heteroatoms. The Labute approximate surface area is 150 Å². The van der Waals surface area contributed by atoms with Crippen molar-refractivity contribution in [2.45, 2.75) is 25.8 Å². The number of allylic oxidation sites excluding steroid dienone is 2. The maximum Gasteiger partial charge on any atom is 0.240 e. The molecule has 2 aliphatic rings. The van der Waals surface area contributed by atoms with Gasteiger partial charge in [-0.2, -0.15) is 0 Å². The normalized spacial score (nSPS) is 23.3. The summed E-state index contributed by atoms with van der Waals surface area (Å²) >= 11 is 0. The average Bonchev–Trinajstić information content (AvgIpc) is 3.18. The molecule has 4 rings (SSSR count). The highest BCUT2D eigenvalue weighted by Crippen LogP contribution is 2.34. The lowest BCUT2D eigenvalue weighted by Gasteiger charge is -2.16. The predicted octanol–water partition coefficient (Wildman–Crippen LogP) is 2.56. The van der Waals surface area contributed by atoms with Crippen LogP contribution in [0, 0.1) is 11.8 Å². The number of likely N-dealkylation sites (tertiary alicyclic amines) is 1. The number of fused-ring (bicyclic) bond motifs is 2. The van der Waals surface area contributed by atoms with Gasteiger partial charge in [-0.3, -0.25) is 19.3 Å². The number of rotatable bonds is 4. The van der Waals surface area contributed by atoms with E-state index in [-0.39, 0.29) is 42.1 Å². The molecule has 2 aromatic rings. The molecule has 1 saturated heterocycles. The van der Waals surface area contributed by atoms with Crippen LogP contribution in [0.4, 0.5) is 0 Å². The summed E-state index contributed by atoms with van der Waals surface area (Å²) in [6.07, 6.45) is 5.00. The van der Waals surface area contributed by atoms with Gasteiger partial charge in [-0.1, -0.05) is 30.4 Å². The Bertz CT molecular complexity index is 854. The Morgan fingerprint density at radius 3 is 2.50 bits per heavy atom. The van der Waals surface area contributed by atoms with Crippen molar-refractivity contribution in [1.29, 1.82) is 0 Å². The van der Waals surface area contributed by atoms with Crippen molar-refractivity contribution in [1.82, 2.24) is 10.2 Å². The highest BCUT2D eigenvalue weighted by Gasteiger charge is 2.47. The van der Waals surface area contributed by atoms with Gasteiger partial charge >= 0.3 is 0 Å². The molecule has 3 atom stereocenters. The van der Waals surface area contributed by atoms with E-state index in [9.17, 15) is 14.4 Å². The molecule has 26 heavy (non-hydrogen) atoms. The number of para-hydroxylation sites is 1. The molecule has 0 unspecified atom stereocenters. The molecule has 0 bridgehead atoms. The molecule has 1 fully saturated rings. The first-order valence-electron chi connectivity index (χ1n) is 8.82. The van der Waals surface area contributed by atoms with Crippen LogP contribution in [0.3, 0.4) is 0 Å². The number of imide groups is 1. The first-order valence-corrected chi connectivity index (χ1v) is 8.82. The van der Waals surface area contributed by atoms with Crippen LogP contribution in [0.2, 0.25) is 0 Å². The Hall–Kier alpha value is -2.89. The van der Waals surface area contributed by atoms with Gasteiger partial charge in [0.15, 0.2) is 0 Å². The van der Waals surface area contributed by atoms with Gasteiger partial charge in [0, 0.05) is 5.39 Å². The largest absolute Gasteiger partial charge is 0.459 e. The Kier molecular flexibility index (Phi) is 4.11. The van der Waals surface area contributed by atoms with E-state index in [4.69, 9.17) is 4.42 Å². The van der Waals surface area contributed by atoms with E-state index in [1.54, 1.807) is 0 Å². The van der Waals surface area contributed by atoms with Crippen LogP contribution in [0.15, 0.2) is 46.9 Å². The van der Waals surface area contributed by atoms with Gasteiger partial charge in [0.25, 0.3) is 0 Å². The average molecular weight is 352 g/mol. The molecule has 3 amide bonds. The van der Waals surface area contributed by atoms with Gasteiger partial charge < -0.3 is 9.73 Å². The van der Waals surface area contributed by atoms with Crippen LogP contribution < -0.4 is 5.32 Å². The molecule has 6 nitrogen and oxygen atoms in total. The molecular weight excluding hydrogens is 332 g/mol. The molecule has 2 heterocycles. The molecule has 1 aliphatic heterocycles. The van der Waals surface area contributed by atoms with Gasteiger partial charge in [-0.25, -0.2) is 0 Å². The first kappa shape index (κ1) is 16.6. The van der Waals surface area contributed by atoms with Crippen molar-refractivity contribution in [3.63, 3.8) is 0 Å². The van der Waals surface area contributed by atoms with Crippen molar-refractivity contribution in [2.75, 3.05) is 6.54 Å². The first-order chi connectivity index (χ1) is 12.5. The van der Waals surface area contributed by atoms with Crippen molar-refractivity contribution < 1.29 is 18.8 Å². The van der Waals surface area contributed by atoms with E-state index in [2.05, 4.69) is 5.32 Å². The lowest BCUT2D eigenvalue weighted by atomic mass is 9.85. The minimum atomic E-state index is -0.369. The summed E-state index contributed by atoms with van der Waals surface area (Å²) in [5.74, 6) is -0.837. The van der Waals surface area contributed by atoms with Crippen LogP contribution in [0.1, 0.15) is 31.6 Å². The lowest BCUT2D eigenvalue weighted by Crippen LogP contribution is -2.41. The van der Waals surface area contributed by atoms with Crippen molar-refractivity contribution in [2.24, 2.45) is 11.8 Å². The van der Waals surface area contributed by atoms with Gasteiger partial charge in [0.2, 0.25) is 17.7 Å². The molecular formula is C20H20N2O4. The molecule has 1 aromatic carbocycles. The van der Waals surface area contributed by atoms with Crippen LogP contribution in [-0.4, -0.2) is 29.2 Å². The highest BCUT2D eigenvalue weighted by molar-refractivity contribution is 6.07. The quantitative estimate of drug-likeness (QED) is 0.677. The van der Waals surface area contributed by atoms with Crippen LogP contribution >= 0.6 is 0 Å². The van der Waals surface area contributed by atoms with Gasteiger partial charge in [0.05, 0.1) is 17.9 Å². The topological polar surface area (TPSA) is 79.6 Å². The number of carbonyl (C=O) groups excluding carboxylic acids is 3. The van der Waals surface area contributed by atoms with Crippen LogP contribution in [-0.2, 0) is 14.4 Å². The highest BCUT2D eigenvalue weighted by atomic mass is 16.3. The molecule has 1 aromatic heterocycles. The lowest BCUT2D eigenvalue weighted by molar-refractivity contribution is -0.143. The van der Waals surface area contributed by atoms with Gasteiger partial charge in [0.1, 0.15) is 17.9 Å². The fourth-order valence-electron chi connectivity index (χ4n) is 3.74. The van der Waals surface area contributed by atoms with Gasteiger partial charge in [-0.05, 0) is 31.9 Å². The second-order valence-corrected chi connectivity index (χ2v) is 6.89. The smallest absolute Gasteiger partial charge is 0.240 e. The summed E-state index contributed by atoms with van der Waals surface area (Å²) in [4.78, 5) is 38.3. The SMILES string of the molecule is C[C@H](NC(=O)CN1C(=O)[C@H]2CC=CC[C@@H]2C1=O)c1cc2ccccc2o1. The number of nitrogens with one attached hydrogen (secondary N) is 1. The third-order valence-electron chi connectivity index (χ3n) is 5.15. The Balaban J connectivity index is 1.42. The zero-order valence-corrected chi connectivity index (χ0v) is 14.5. The fraction of sp³-hybridized carbons (Fsp3) is 0.350. The molecule has 1 aliphatic carbocycles. The predicted molar refractivity (Wildman–Crippen MR) is 94.8 cm³/mol. The summed E-state index contributed by atoms with van der Waals surface area (Å²) in [6, 6.07) is 9.14. The number of hydrogen-bond acceptors (Lipinski definition) is 4. The van der Waals surface area contributed by atoms with E-state index in [1.165, 1.54) is 0 Å². The zero-order chi connectivity index (χ0) is 18.3. The second-order valence-electron chi connectivity index (χ2n) is 6.89. The minimum absolute atomic E-state index is 0.240. The summed E-state index contributed by atoms with van der Waals surface area (Å²) in [6.45, 7) is 1.57. The van der Waals surface area contributed by atoms with E-state index in [0.717, 1.165) is 15.9 Å². The van der Waals surface area contributed by atoms with E-state index >= 15 is 0 Å². The summed E-state index contributed by atoms with van der Waals surface area (Å²) in [5.41, 5.74) is 0.755. The van der Waals surface area contributed by atoms with Crippen LogP contribution in [0.5, 0.6) is 0 Å². The molecule has 0 saturated carbocycles. The number of furan rings is 1. The van der Waals surface area contributed by atoms with E-state index in [0.29, 0.717) is 18.6 Å². The van der Waals surface area contributed by atoms with Crippen LogP contribution in [0.25, 0.3) is 11.0 Å². The maximum absolute atomic E-state index is 12.4. The van der Waals surface area contributed by atoms with E-state index in [1.807, 2.05) is 49.4 Å². The molecule has 0 spiro atoms. The van der Waals surface area contributed by atoms with Crippen molar-refractivity contribution >= 4 is 28.7 Å². The third kappa shape index (κ3) is 2.81. The summed E-state index contributed by atoms with van der Waals surface area (Å²) < 4.78 is 5.75. The minimum Gasteiger partial charge on any atom is -0.459 e. The number of benzene rings is 1. The fourth-order valence-corrected chi connectivity index (χ4v) is 3.74. The summed E-state index contributed by atoms with van der Waals surface area (Å²) in [7, 11) is 0. The number of amides is 3. The van der Waals surface area contributed by atoms with Crippen molar-refractivity contribution in [3.8, 4) is 0 Å². The Morgan fingerprint density at radius 2 is 1.85 bits per heavy atom. The molecule has 1 N–H and O–H groups in total. The van der Waals surface area contributed by atoms with Gasteiger partial charge in [-0.15, -0.1) is 0 Å². The van der Waals surface area contributed by atoms with Crippen molar-refractivity contribution in [3.05, 3.63) is 48.2 Å². The molecule has 0 radical (unpaired) electrons. The molecule has 134 valence electrons. The monoisotopic (exact) mass is 352 g/mol. The Morgan fingerprint density at radius 1 is 1.19 bits per heavy atom. The summed E-state index contributed by atoms with van der Waals surface area (Å²) in [5, 5.41) is 3.78. The van der Waals surface area contributed by atoms with E-state index < -0.39 is 0 Å². The number of nitrogens with zero attached hydrogens (tertiary/aromatic N) is 1.